The number of nitrogens with one attached hydrogen (secondary N) is 1. The lowest BCUT2D eigenvalue weighted by Crippen LogP contribution is -2.16. The summed E-state index contributed by atoms with van der Waals surface area (Å²) in [6.45, 7) is 3.27. The third-order valence-corrected chi connectivity index (χ3v) is 5.43. The molecule has 0 amide bonds. The molecule has 0 aliphatic carbocycles. The van der Waals surface area contributed by atoms with E-state index in [0.717, 1.165) is 5.56 Å². The highest BCUT2D eigenvalue weighted by atomic mass is 79.9. The Labute approximate surface area is 132 Å². The highest BCUT2D eigenvalue weighted by molar-refractivity contribution is 9.10. The number of anilines is 1. The largest absolute Gasteiger partial charge is 0.392 e. The highest BCUT2D eigenvalue weighted by Crippen LogP contribution is 2.27. The zero-order valence-corrected chi connectivity index (χ0v) is 14.0. The van der Waals surface area contributed by atoms with Crippen molar-refractivity contribution in [2.75, 3.05) is 4.72 Å². The molecule has 2 rings (SSSR count). The summed E-state index contributed by atoms with van der Waals surface area (Å²) in [5.74, 6) is 0. The summed E-state index contributed by atoms with van der Waals surface area (Å²) in [7, 11) is -3.75. The summed E-state index contributed by atoms with van der Waals surface area (Å²) in [5.41, 5.74) is 2.32. The fourth-order valence-electron chi connectivity index (χ4n) is 1.85. The smallest absolute Gasteiger partial charge is 0.262 e. The van der Waals surface area contributed by atoms with Crippen LogP contribution in [-0.2, 0) is 16.6 Å². The summed E-state index contributed by atoms with van der Waals surface area (Å²) in [5, 5.41) is 9.23. The van der Waals surface area contributed by atoms with E-state index in [-0.39, 0.29) is 11.5 Å². The standard InChI is InChI=1S/C14H15BrN2O3S/c1-9-3-4-16-7-13(9)17-21(19,20)14-6-11(8-18)5-12(15)10(14)2/h3-7,17-18H,8H2,1-2H3. The van der Waals surface area contributed by atoms with Crippen molar-refractivity contribution in [3.05, 3.63) is 51.8 Å². The predicted octanol–water partition coefficient (Wildman–Crippen LogP) is 2.75. The number of rotatable bonds is 4. The van der Waals surface area contributed by atoms with Crippen LogP contribution in [0.1, 0.15) is 16.7 Å². The molecule has 0 spiro atoms. The van der Waals surface area contributed by atoms with Crippen LogP contribution < -0.4 is 4.72 Å². The summed E-state index contributed by atoms with van der Waals surface area (Å²) in [6.07, 6.45) is 3.06. The number of aromatic nitrogens is 1. The average Bonchev–Trinajstić information content (AvgIpc) is 2.43. The van der Waals surface area contributed by atoms with Crippen LogP contribution in [0.15, 0.2) is 40.0 Å². The lowest BCUT2D eigenvalue weighted by atomic mass is 10.2. The second-order valence-electron chi connectivity index (χ2n) is 4.65. The fourth-order valence-corrected chi connectivity index (χ4v) is 3.92. The van der Waals surface area contributed by atoms with Crippen molar-refractivity contribution in [3.8, 4) is 0 Å². The van der Waals surface area contributed by atoms with Gasteiger partial charge in [0.25, 0.3) is 10.0 Å². The molecule has 0 saturated heterocycles. The normalized spacial score (nSPS) is 11.4. The summed E-state index contributed by atoms with van der Waals surface area (Å²) in [6, 6.07) is 4.89. The topological polar surface area (TPSA) is 79.3 Å². The molecule has 2 aromatic rings. The van der Waals surface area contributed by atoms with Gasteiger partial charge in [0.2, 0.25) is 0 Å². The predicted molar refractivity (Wildman–Crippen MR) is 84.6 cm³/mol. The van der Waals surface area contributed by atoms with Gasteiger partial charge < -0.3 is 5.11 Å². The van der Waals surface area contributed by atoms with E-state index in [4.69, 9.17) is 0 Å². The lowest BCUT2D eigenvalue weighted by Gasteiger charge is -2.14. The van der Waals surface area contributed by atoms with Crippen molar-refractivity contribution < 1.29 is 13.5 Å². The third-order valence-electron chi connectivity index (χ3n) is 3.11. The Bertz CT molecular complexity index is 776. The van der Waals surface area contributed by atoms with Gasteiger partial charge in [0, 0.05) is 10.7 Å². The highest BCUT2D eigenvalue weighted by Gasteiger charge is 2.20. The minimum absolute atomic E-state index is 0.129. The van der Waals surface area contributed by atoms with E-state index in [9.17, 15) is 13.5 Å². The van der Waals surface area contributed by atoms with E-state index in [1.165, 1.54) is 12.3 Å². The number of aliphatic hydroxyl groups excluding tert-OH is 1. The molecule has 5 nitrogen and oxygen atoms in total. The number of aliphatic hydroxyl groups is 1. The Kier molecular flexibility index (Phi) is 4.65. The van der Waals surface area contributed by atoms with Crippen LogP contribution in [-0.4, -0.2) is 18.5 Å². The Hall–Kier alpha value is -1.44. The van der Waals surface area contributed by atoms with Gasteiger partial charge >= 0.3 is 0 Å². The van der Waals surface area contributed by atoms with Crippen LogP contribution in [0.2, 0.25) is 0 Å². The molecule has 112 valence electrons. The number of halogens is 1. The minimum atomic E-state index is -3.75. The van der Waals surface area contributed by atoms with Crippen molar-refractivity contribution in [2.45, 2.75) is 25.3 Å². The Morgan fingerprint density at radius 3 is 2.67 bits per heavy atom. The van der Waals surface area contributed by atoms with Crippen LogP contribution in [0.5, 0.6) is 0 Å². The van der Waals surface area contributed by atoms with Gasteiger partial charge in [-0.25, -0.2) is 8.42 Å². The monoisotopic (exact) mass is 370 g/mol. The van der Waals surface area contributed by atoms with E-state index in [1.807, 2.05) is 0 Å². The van der Waals surface area contributed by atoms with Gasteiger partial charge in [0.15, 0.2) is 0 Å². The third kappa shape index (κ3) is 3.42. The van der Waals surface area contributed by atoms with E-state index in [1.54, 1.807) is 32.2 Å². The first-order valence-corrected chi connectivity index (χ1v) is 8.46. The number of hydrogen-bond acceptors (Lipinski definition) is 4. The van der Waals surface area contributed by atoms with E-state index >= 15 is 0 Å². The van der Waals surface area contributed by atoms with E-state index < -0.39 is 10.0 Å². The van der Waals surface area contributed by atoms with Gasteiger partial charge in [-0.2, -0.15) is 0 Å². The maximum atomic E-state index is 12.6. The Morgan fingerprint density at radius 2 is 2.05 bits per heavy atom. The summed E-state index contributed by atoms with van der Waals surface area (Å²) >= 11 is 3.31. The molecule has 0 fully saturated rings. The number of pyridine rings is 1. The lowest BCUT2D eigenvalue weighted by molar-refractivity contribution is 0.281. The maximum Gasteiger partial charge on any atom is 0.262 e. The Balaban J connectivity index is 2.50. The number of sulfonamides is 1. The van der Waals surface area contributed by atoms with Crippen molar-refractivity contribution in [1.82, 2.24) is 4.98 Å². The van der Waals surface area contributed by atoms with Crippen molar-refractivity contribution in [2.24, 2.45) is 0 Å². The molecule has 0 radical (unpaired) electrons. The fraction of sp³-hybridized carbons (Fsp3) is 0.214. The molecule has 0 saturated carbocycles. The van der Waals surface area contributed by atoms with Gasteiger partial charge in [-0.1, -0.05) is 15.9 Å². The molecule has 1 heterocycles. The molecule has 2 N–H and O–H groups in total. The summed E-state index contributed by atoms with van der Waals surface area (Å²) < 4.78 is 28.3. The number of benzene rings is 1. The van der Waals surface area contributed by atoms with Crippen LogP contribution in [0, 0.1) is 13.8 Å². The first-order chi connectivity index (χ1) is 9.85. The van der Waals surface area contributed by atoms with Gasteiger partial charge in [-0.3, -0.25) is 9.71 Å². The molecule has 0 aliphatic rings. The van der Waals surface area contributed by atoms with Gasteiger partial charge in [0.05, 0.1) is 23.4 Å². The first-order valence-electron chi connectivity index (χ1n) is 6.18. The molecule has 1 aromatic carbocycles. The van der Waals surface area contributed by atoms with E-state index in [0.29, 0.717) is 21.3 Å². The van der Waals surface area contributed by atoms with Crippen LogP contribution in [0.25, 0.3) is 0 Å². The number of nitrogens with zero attached hydrogens (tertiary/aromatic N) is 1. The maximum absolute atomic E-state index is 12.6. The van der Waals surface area contributed by atoms with Crippen molar-refractivity contribution in [3.63, 3.8) is 0 Å². The molecule has 0 unspecified atom stereocenters. The molecule has 0 atom stereocenters. The molecule has 0 bridgehead atoms. The molecular formula is C14H15BrN2O3S. The number of aryl methyl sites for hydroxylation is 1. The van der Waals surface area contributed by atoms with E-state index in [2.05, 4.69) is 25.6 Å². The second kappa shape index (κ2) is 6.13. The van der Waals surface area contributed by atoms with Crippen molar-refractivity contribution >= 4 is 31.6 Å². The Morgan fingerprint density at radius 1 is 1.33 bits per heavy atom. The average molecular weight is 371 g/mol. The van der Waals surface area contributed by atoms with Crippen LogP contribution in [0.4, 0.5) is 5.69 Å². The second-order valence-corrected chi connectivity index (χ2v) is 7.16. The minimum Gasteiger partial charge on any atom is -0.392 e. The SMILES string of the molecule is Cc1ccncc1NS(=O)(=O)c1cc(CO)cc(Br)c1C. The van der Waals surface area contributed by atoms with Gasteiger partial charge in [-0.05, 0) is 48.7 Å². The quantitative estimate of drug-likeness (QED) is 0.866. The molecular weight excluding hydrogens is 356 g/mol. The molecule has 0 aliphatic heterocycles. The number of hydrogen-bond donors (Lipinski definition) is 2. The van der Waals surface area contributed by atoms with Crippen molar-refractivity contribution in [1.29, 1.82) is 0 Å². The molecule has 21 heavy (non-hydrogen) atoms. The molecule has 1 aromatic heterocycles. The van der Waals surface area contributed by atoms with Gasteiger partial charge in [-0.15, -0.1) is 0 Å². The van der Waals surface area contributed by atoms with Gasteiger partial charge in [0.1, 0.15) is 0 Å². The molecule has 7 heteroatoms. The van der Waals surface area contributed by atoms with Crippen LogP contribution >= 0.6 is 15.9 Å². The zero-order chi connectivity index (χ0) is 15.6. The first kappa shape index (κ1) is 15.9. The summed E-state index contributed by atoms with van der Waals surface area (Å²) in [4.78, 5) is 4.05. The zero-order valence-electron chi connectivity index (χ0n) is 11.6. The van der Waals surface area contributed by atoms with Crippen LogP contribution in [0.3, 0.4) is 0 Å².